The van der Waals surface area contributed by atoms with E-state index in [1.54, 1.807) is 25.2 Å². The Kier molecular flexibility index (Phi) is 5.79. The zero-order valence-electron chi connectivity index (χ0n) is 19.9. The van der Waals surface area contributed by atoms with Gasteiger partial charge in [0, 0.05) is 55.8 Å². The molecule has 7 nitrogen and oxygen atoms in total. The predicted octanol–water partition coefficient (Wildman–Crippen LogP) is 4.61. The number of benzene rings is 2. The lowest BCUT2D eigenvalue weighted by molar-refractivity contribution is -0.00521. The molecule has 4 aromatic rings. The minimum Gasteiger partial charge on any atom is -0.372 e. The first-order valence-electron chi connectivity index (χ1n) is 11.6. The molecular formula is C27H29N5O2. The van der Waals surface area contributed by atoms with Gasteiger partial charge in [0.1, 0.15) is 5.52 Å². The normalized spacial score (nSPS) is 18.3. The summed E-state index contributed by atoms with van der Waals surface area (Å²) in [5.74, 6) is -0.0167. The van der Waals surface area contributed by atoms with Crippen molar-refractivity contribution < 1.29 is 9.53 Å². The highest BCUT2D eigenvalue weighted by Gasteiger charge is 2.22. The average molecular weight is 456 g/mol. The van der Waals surface area contributed by atoms with Crippen molar-refractivity contribution in [1.82, 2.24) is 19.9 Å². The van der Waals surface area contributed by atoms with E-state index in [0.717, 1.165) is 46.6 Å². The fraction of sp³-hybridized carbons (Fsp3) is 0.296. The lowest BCUT2D eigenvalue weighted by Crippen LogP contribution is -2.45. The summed E-state index contributed by atoms with van der Waals surface area (Å²) < 4.78 is 5.86. The zero-order valence-corrected chi connectivity index (χ0v) is 19.9. The summed E-state index contributed by atoms with van der Waals surface area (Å²) >= 11 is 0. The Morgan fingerprint density at radius 1 is 1.00 bits per heavy atom. The van der Waals surface area contributed by atoms with E-state index in [9.17, 15) is 4.79 Å². The second-order valence-corrected chi connectivity index (χ2v) is 9.14. The second-order valence-electron chi connectivity index (χ2n) is 9.14. The molecule has 1 aliphatic rings. The van der Waals surface area contributed by atoms with E-state index in [1.165, 1.54) is 5.69 Å². The highest BCUT2D eigenvalue weighted by molar-refractivity contribution is 5.96. The third-order valence-electron chi connectivity index (χ3n) is 6.18. The predicted molar refractivity (Wildman–Crippen MR) is 135 cm³/mol. The molecule has 0 aliphatic carbocycles. The Morgan fingerprint density at radius 2 is 1.65 bits per heavy atom. The van der Waals surface area contributed by atoms with Crippen LogP contribution in [0.25, 0.3) is 33.5 Å². The summed E-state index contributed by atoms with van der Waals surface area (Å²) in [6, 6.07) is 16.1. The molecular weight excluding hydrogens is 426 g/mol. The van der Waals surface area contributed by atoms with Gasteiger partial charge in [-0.1, -0.05) is 24.3 Å². The molecule has 7 heteroatoms. The molecule has 1 fully saturated rings. The van der Waals surface area contributed by atoms with Crippen LogP contribution in [0.4, 0.5) is 5.69 Å². The molecule has 0 saturated carbocycles. The van der Waals surface area contributed by atoms with Crippen molar-refractivity contribution in [3.63, 3.8) is 0 Å². The van der Waals surface area contributed by atoms with Gasteiger partial charge in [-0.2, -0.15) is 0 Å². The minimum atomic E-state index is -0.0167. The number of nitrogens with zero attached hydrogens (tertiary/aromatic N) is 4. The summed E-state index contributed by atoms with van der Waals surface area (Å²) in [7, 11) is 3.50. The minimum absolute atomic E-state index is 0.0167. The molecule has 34 heavy (non-hydrogen) atoms. The summed E-state index contributed by atoms with van der Waals surface area (Å²) in [6.07, 6.45) is 4.16. The molecule has 2 aromatic heterocycles. The van der Waals surface area contributed by atoms with E-state index in [0.29, 0.717) is 5.56 Å². The Labute approximate surface area is 199 Å². The number of fused-ring (bicyclic) bond motifs is 1. The van der Waals surface area contributed by atoms with Crippen molar-refractivity contribution in [2.45, 2.75) is 26.1 Å². The Bertz CT molecular complexity index is 1300. The van der Waals surface area contributed by atoms with Crippen LogP contribution in [0.1, 0.15) is 24.2 Å². The van der Waals surface area contributed by atoms with E-state index in [2.05, 4.69) is 53.0 Å². The smallest absolute Gasteiger partial charge is 0.253 e. The highest BCUT2D eigenvalue weighted by atomic mass is 16.5. The van der Waals surface area contributed by atoms with Crippen LogP contribution >= 0.6 is 0 Å². The van der Waals surface area contributed by atoms with Crippen LogP contribution in [-0.4, -0.2) is 65.2 Å². The maximum absolute atomic E-state index is 12.2. The number of carbonyl (C=O) groups is 1. The van der Waals surface area contributed by atoms with Crippen molar-refractivity contribution in [2.75, 3.05) is 32.1 Å². The van der Waals surface area contributed by atoms with Crippen LogP contribution < -0.4 is 4.90 Å². The molecule has 1 saturated heterocycles. The number of ether oxygens (including phenoxy) is 1. The van der Waals surface area contributed by atoms with Crippen molar-refractivity contribution in [3.8, 4) is 22.4 Å². The number of aromatic nitrogens is 3. The van der Waals surface area contributed by atoms with E-state index in [1.807, 2.05) is 30.5 Å². The molecule has 0 unspecified atom stereocenters. The summed E-state index contributed by atoms with van der Waals surface area (Å²) in [5, 5.41) is 0. The van der Waals surface area contributed by atoms with Gasteiger partial charge < -0.3 is 19.5 Å². The molecule has 1 N–H and O–H groups in total. The molecule has 2 aromatic carbocycles. The molecule has 0 radical (unpaired) electrons. The van der Waals surface area contributed by atoms with Gasteiger partial charge in [0.2, 0.25) is 0 Å². The lowest BCUT2D eigenvalue weighted by atomic mass is 10.1. The quantitative estimate of drug-likeness (QED) is 0.487. The zero-order chi connectivity index (χ0) is 23.8. The number of rotatable bonds is 4. The lowest BCUT2D eigenvalue weighted by Gasteiger charge is -2.36. The number of hydrogen-bond donors (Lipinski definition) is 1. The molecule has 3 heterocycles. The topological polar surface area (TPSA) is 74.4 Å². The van der Waals surface area contributed by atoms with Gasteiger partial charge in [0.15, 0.2) is 5.65 Å². The first kappa shape index (κ1) is 22.1. The first-order chi connectivity index (χ1) is 16.4. The molecule has 1 aliphatic heterocycles. The van der Waals surface area contributed by atoms with Gasteiger partial charge in [-0.15, -0.1) is 0 Å². The van der Waals surface area contributed by atoms with Crippen molar-refractivity contribution in [3.05, 3.63) is 66.5 Å². The summed E-state index contributed by atoms with van der Waals surface area (Å²) in [6.45, 7) is 6.01. The van der Waals surface area contributed by atoms with E-state index >= 15 is 0 Å². The van der Waals surface area contributed by atoms with E-state index in [4.69, 9.17) is 9.72 Å². The SMILES string of the molecule is C[C@@H]1CN(c2ccc(-c3cnc4[nH]cc(-c5ccc(C(=O)N(C)C)cc5)c4n3)cc2)C[C@@H](C)O1. The number of H-pyrrole nitrogens is 1. The molecule has 5 rings (SSSR count). The van der Waals surface area contributed by atoms with Crippen molar-refractivity contribution in [1.29, 1.82) is 0 Å². The maximum Gasteiger partial charge on any atom is 0.253 e. The molecule has 1 amide bonds. The number of nitrogens with one attached hydrogen (secondary N) is 1. The number of amides is 1. The number of carbonyl (C=O) groups excluding carboxylic acids is 1. The standard InChI is InChI=1S/C27H29N5O2/c1-17-15-32(16-18(2)34-17)22-11-9-20(10-12-22)24-14-29-26-25(30-24)23(13-28-26)19-5-7-21(8-6-19)27(33)31(3)4/h5-14,17-18H,15-16H2,1-4H3,(H,28,29)/t17-,18-/m1/s1. The van der Waals surface area contributed by atoms with Crippen LogP contribution in [0, 0.1) is 0 Å². The maximum atomic E-state index is 12.2. The Hall–Kier alpha value is -3.71. The third kappa shape index (κ3) is 4.26. The Balaban J connectivity index is 1.42. The van der Waals surface area contributed by atoms with Gasteiger partial charge in [-0.25, -0.2) is 9.97 Å². The fourth-order valence-corrected chi connectivity index (χ4v) is 4.53. The number of aromatic amines is 1. The van der Waals surface area contributed by atoms with Crippen LogP contribution in [0.3, 0.4) is 0 Å². The number of morpholine rings is 1. The van der Waals surface area contributed by atoms with E-state index in [-0.39, 0.29) is 18.1 Å². The number of hydrogen-bond acceptors (Lipinski definition) is 5. The summed E-state index contributed by atoms with van der Waals surface area (Å²) in [5.41, 5.74) is 7.18. The second kappa shape index (κ2) is 8.91. The Morgan fingerprint density at radius 3 is 2.29 bits per heavy atom. The van der Waals surface area contributed by atoms with Crippen molar-refractivity contribution >= 4 is 22.8 Å². The molecule has 2 atom stereocenters. The van der Waals surface area contributed by atoms with Crippen LogP contribution in [0.15, 0.2) is 60.9 Å². The molecule has 174 valence electrons. The van der Waals surface area contributed by atoms with Gasteiger partial charge in [0.25, 0.3) is 5.91 Å². The highest BCUT2D eigenvalue weighted by Crippen LogP contribution is 2.30. The van der Waals surface area contributed by atoms with Gasteiger partial charge in [-0.3, -0.25) is 4.79 Å². The summed E-state index contributed by atoms with van der Waals surface area (Å²) in [4.78, 5) is 28.9. The van der Waals surface area contributed by atoms with Crippen LogP contribution in [0.2, 0.25) is 0 Å². The number of anilines is 1. The van der Waals surface area contributed by atoms with Gasteiger partial charge >= 0.3 is 0 Å². The largest absolute Gasteiger partial charge is 0.372 e. The molecule has 0 spiro atoms. The molecule has 0 bridgehead atoms. The third-order valence-corrected chi connectivity index (χ3v) is 6.18. The van der Waals surface area contributed by atoms with Crippen molar-refractivity contribution in [2.24, 2.45) is 0 Å². The first-order valence-corrected chi connectivity index (χ1v) is 11.6. The van der Waals surface area contributed by atoms with E-state index < -0.39 is 0 Å². The monoisotopic (exact) mass is 455 g/mol. The van der Waals surface area contributed by atoms with Gasteiger partial charge in [0.05, 0.1) is 24.1 Å². The fourth-order valence-electron chi connectivity index (χ4n) is 4.53. The van der Waals surface area contributed by atoms with Crippen LogP contribution in [0.5, 0.6) is 0 Å². The van der Waals surface area contributed by atoms with Crippen LogP contribution in [-0.2, 0) is 4.74 Å². The van der Waals surface area contributed by atoms with Gasteiger partial charge in [-0.05, 0) is 43.7 Å². The average Bonchev–Trinajstić information content (AvgIpc) is 3.26.